The van der Waals surface area contributed by atoms with Crippen LogP contribution in [-0.4, -0.2) is 0 Å². The van der Waals surface area contributed by atoms with E-state index in [1.54, 1.807) is 0 Å². The molecule has 1 heteroatoms. The molecule has 0 saturated carbocycles. The van der Waals surface area contributed by atoms with Crippen molar-refractivity contribution in [3.05, 3.63) is 90.5 Å². The predicted octanol–water partition coefficient (Wildman–Crippen LogP) is 4.17. The number of nitrogens with one attached hydrogen (secondary N) is 1. The molecule has 0 aliphatic carbocycles. The van der Waals surface area contributed by atoms with Crippen LogP contribution in [0.4, 0.5) is 17.1 Å². The Bertz CT molecular complexity index is 618. The van der Waals surface area contributed by atoms with Gasteiger partial charge < -0.3 is 0 Å². The summed E-state index contributed by atoms with van der Waals surface area (Å²) in [6.07, 6.45) is 0. The van der Waals surface area contributed by atoms with E-state index in [1.807, 2.05) is 0 Å². The van der Waals surface area contributed by atoms with Crippen LogP contribution >= 0.6 is 0 Å². The summed E-state index contributed by atoms with van der Waals surface area (Å²) in [4.78, 5) is 1.28. The zero-order valence-corrected chi connectivity index (χ0v) is 11.6. The molecular formula is C19H18N+. The van der Waals surface area contributed by atoms with Gasteiger partial charge >= 0.3 is 0 Å². The van der Waals surface area contributed by atoms with E-state index in [-0.39, 0.29) is 0 Å². The summed E-state index contributed by atoms with van der Waals surface area (Å²) < 4.78 is 0. The molecule has 0 saturated heterocycles. The minimum Gasteiger partial charge on any atom is -0.238 e. The molecule has 3 aromatic rings. The molecule has 3 rings (SSSR count). The quantitative estimate of drug-likeness (QED) is 0.720. The average Bonchev–Trinajstić information content (AvgIpc) is 2.52. The Morgan fingerprint density at radius 1 is 0.500 bits per heavy atom. The number of hydrogen-bond donors (Lipinski definition) is 1. The van der Waals surface area contributed by atoms with Crippen LogP contribution < -0.4 is 4.90 Å². The van der Waals surface area contributed by atoms with Gasteiger partial charge in [-0.15, -0.1) is 0 Å². The first kappa shape index (κ1) is 12.6. The molecule has 0 fully saturated rings. The van der Waals surface area contributed by atoms with Crippen LogP contribution in [-0.2, 0) is 0 Å². The van der Waals surface area contributed by atoms with E-state index in [1.165, 1.54) is 27.5 Å². The third-order valence-electron chi connectivity index (χ3n) is 3.47. The predicted molar refractivity (Wildman–Crippen MR) is 84.0 cm³/mol. The van der Waals surface area contributed by atoms with Crippen molar-refractivity contribution < 1.29 is 4.90 Å². The minimum absolute atomic E-state index is 1.25. The molecule has 0 spiro atoms. The summed E-state index contributed by atoms with van der Waals surface area (Å²) in [5.41, 5.74) is 5.05. The van der Waals surface area contributed by atoms with Crippen molar-refractivity contribution in [2.75, 3.05) is 0 Å². The number of para-hydroxylation sites is 2. The van der Waals surface area contributed by atoms with Gasteiger partial charge in [0.15, 0.2) is 0 Å². The molecule has 0 amide bonds. The normalized spacial score (nSPS) is 10.7. The van der Waals surface area contributed by atoms with Gasteiger partial charge in [-0.2, -0.15) is 0 Å². The lowest BCUT2D eigenvalue weighted by molar-refractivity contribution is -0.681. The van der Waals surface area contributed by atoms with E-state index < -0.39 is 0 Å². The van der Waals surface area contributed by atoms with Gasteiger partial charge in [-0.05, 0) is 31.2 Å². The summed E-state index contributed by atoms with van der Waals surface area (Å²) in [5.74, 6) is 0. The van der Waals surface area contributed by atoms with Crippen LogP contribution in [0.25, 0.3) is 0 Å². The minimum atomic E-state index is 1.25. The van der Waals surface area contributed by atoms with Gasteiger partial charge in [0, 0.05) is 12.1 Å². The van der Waals surface area contributed by atoms with E-state index in [9.17, 15) is 0 Å². The standard InChI is InChI=1S/C19H17N/c1-16-12-14-19(15-13-16)20(17-8-4-2-5-9-17)18-10-6-3-7-11-18/h2-15H,1H3/p+1. The van der Waals surface area contributed by atoms with Gasteiger partial charge in [0.2, 0.25) is 0 Å². The molecule has 0 atom stereocenters. The molecule has 1 N–H and O–H groups in total. The topological polar surface area (TPSA) is 4.44 Å². The lowest BCUT2D eigenvalue weighted by Gasteiger charge is -2.18. The highest BCUT2D eigenvalue weighted by Gasteiger charge is 2.17. The smallest absolute Gasteiger partial charge is 0.141 e. The molecule has 0 unspecified atom stereocenters. The number of aryl methyl sites for hydroxylation is 1. The fraction of sp³-hybridized carbons (Fsp3) is 0.0526. The molecule has 0 aliphatic rings. The fourth-order valence-electron chi connectivity index (χ4n) is 2.43. The molecule has 0 heterocycles. The largest absolute Gasteiger partial charge is 0.238 e. The molecule has 20 heavy (non-hydrogen) atoms. The van der Waals surface area contributed by atoms with Gasteiger partial charge in [0.1, 0.15) is 17.1 Å². The Morgan fingerprint density at radius 3 is 1.35 bits per heavy atom. The first-order valence-electron chi connectivity index (χ1n) is 6.89. The van der Waals surface area contributed by atoms with Crippen molar-refractivity contribution in [1.82, 2.24) is 0 Å². The lowest BCUT2D eigenvalue weighted by Crippen LogP contribution is -2.96. The van der Waals surface area contributed by atoms with E-state index in [0.29, 0.717) is 0 Å². The second kappa shape index (κ2) is 5.72. The number of benzene rings is 3. The molecule has 98 valence electrons. The Morgan fingerprint density at radius 2 is 0.900 bits per heavy atom. The third kappa shape index (κ3) is 2.63. The maximum atomic E-state index is 2.20. The van der Waals surface area contributed by atoms with Crippen molar-refractivity contribution in [2.24, 2.45) is 0 Å². The first-order valence-corrected chi connectivity index (χ1v) is 6.89. The molecule has 3 aromatic carbocycles. The zero-order chi connectivity index (χ0) is 13.8. The molecule has 1 nitrogen and oxygen atoms in total. The second-order valence-electron chi connectivity index (χ2n) is 4.97. The highest BCUT2D eigenvalue weighted by atomic mass is 15.1. The Hall–Kier alpha value is -2.38. The highest BCUT2D eigenvalue weighted by molar-refractivity contribution is 5.46. The summed E-state index contributed by atoms with van der Waals surface area (Å²) >= 11 is 0. The third-order valence-corrected chi connectivity index (χ3v) is 3.47. The monoisotopic (exact) mass is 260 g/mol. The molecule has 0 aliphatic heterocycles. The van der Waals surface area contributed by atoms with Gasteiger partial charge in [0.05, 0.1) is 0 Å². The van der Waals surface area contributed by atoms with E-state index in [4.69, 9.17) is 0 Å². The van der Waals surface area contributed by atoms with E-state index >= 15 is 0 Å². The zero-order valence-electron chi connectivity index (χ0n) is 11.6. The Balaban J connectivity index is 2.11. The van der Waals surface area contributed by atoms with Crippen molar-refractivity contribution in [2.45, 2.75) is 6.92 Å². The molecule has 0 aromatic heterocycles. The van der Waals surface area contributed by atoms with Crippen molar-refractivity contribution in [3.63, 3.8) is 0 Å². The maximum absolute atomic E-state index is 2.20. The highest BCUT2D eigenvalue weighted by Crippen LogP contribution is 2.15. The summed E-state index contributed by atoms with van der Waals surface area (Å²) in [6.45, 7) is 2.12. The van der Waals surface area contributed by atoms with Gasteiger partial charge in [-0.25, -0.2) is 4.90 Å². The number of quaternary nitrogens is 1. The Kier molecular flexibility index (Phi) is 3.62. The second-order valence-corrected chi connectivity index (χ2v) is 4.97. The summed E-state index contributed by atoms with van der Waals surface area (Å²) in [5, 5.41) is 0. The summed E-state index contributed by atoms with van der Waals surface area (Å²) in [6, 6.07) is 29.9. The average molecular weight is 260 g/mol. The molecule has 0 radical (unpaired) electrons. The van der Waals surface area contributed by atoms with Crippen molar-refractivity contribution in [3.8, 4) is 0 Å². The van der Waals surface area contributed by atoms with E-state index in [0.717, 1.165) is 0 Å². The van der Waals surface area contributed by atoms with Crippen LogP contribution in [0.1, 0.15) is 5.56 Å². The van der Waals surface area contributed by atoms with Crippen molar-refractivity contribution in [1.29, 1.82) is 0 Å². The van der Waals surface area contributed by atoms with Crippen LogP contribution in [0.3, 0.4) is 0 Å². The van der Waals surface area contributed by atoms with Crippen LogP contribution in [0, 0.1) is 6.92 Å². The van der Waals surface area contributed by atoms with Gasteiger partial charge in [-0.3, -0.25) is 0 Å². The van der Waals surface area contributed by atoms with Gasteiger partial charge in [-0.1, -0.05) is 54.1 Å². The van der Waals surface area contributed by atoms with Gasteiger partial charge in [0.25, 0.3) is 0 Å². The number of hydrogen-bond acceptors (Lipinski definition) is 0. The van der Waals surface area contributed by atoms with Crippen LogP contribution in [0.5, 0.6) is 0 Å². The fourth-order valence-corrected chi connectivity index (χ4v) is 2.43. The number of rotatable bonds is 3. The lowest BCUT2D eigenvalue weighted by atomic mass is 10.1. The van der Waals surface area contributed by atoms with Crippen LogP contribution in [0.15, 0.2) is 84.9 Å². The SMILES string of the molecule is Cc1ccc([NH+](c2ccccc2)c2ccccc2)cc1. The molecule has 0 bridgehead atoms. The van der Waals surface area contributed by atoms with Crippen molar-refractivity contribution >= 4 is 17.1 Å². The maximum Gasteiger partial charge on any atom is 0.141 e. The molecular weight excluding hydrogens is 242 g/mol. The van der Waals surface area contributed by atoms with Crippen LogP contribution in [0.2, 0.25) is 0 Å². The van der Waals surface area contributed by atoms with E-state index in [2.05, 4.69) is 91.9 Å². The first-order chi connectivity index (χ1) is 9.84. The Labute approximate surface area is 120 Å². The summed E-state index contributed by atoms with van der Waals surface area (Å²) in [7, 11) is 0.